The van der Waals surface area contributed by atoms with Gasteiger partial charge in [0.2, 0.25) is 0 Å². The maximum absolute atomic E-state index is 12.4. The highest BCUT2D eigenvalue weighted by Crippen LogP contribution is 2.42. The Kier molecular flexibility index (Phi) is 36.7. The van der Waals surface area contributed by atoms with Crippen molar-refractivity contribution < 1.29 is 53.7 Å². The summed E-state index contributed by atoms with van der Waals surface area (Å²) in [5, 5.41) is 0. The zero-order chi connectivity index (χ0) is 60.7. The average Bonchev–Trinajstić information content (AvgIpc) is 3.67. The maximum Gasteiger partial charge on any atom is 0.389 e. The number of hydrogen-bond acceptors (Lipinski definition) is 3. The second kappa shape index (κ2) is 42.3. The Morgan fingerprint density at radius 2 is 0.488 bits per heavy atom. The predicted molar refractivity (Wildman–Crippen MR) is 330 cm³/mol. The minimum Gasteiger partial charge on any atom is -0.494 e. The Labute approximate surface area is 503 Å². The van der Waals surface area contributed by atoms with Gasteiger partial charge in [-0.2, -0.15) is 39.5 Å². The fourth-order valence-electron chi connectivity index (χ4n) is 12.7. The van der Waals surface area contributed by atoms with Crippen molar-refractivity contribution in [3.05, 3.63) is 89.5 Å². The number of hydrogen-bond donors (Lipinski definition) is 0. The lowest BCUT2D eigenvalue weighted by Gasteiger charge is -2.29. The van der Waals surface area contributed by atoms with Crippen molar-refractivity contribution in [2.24, 2.45) is 17.8 Å². The highest BCUT2D eigenvalue weighted by molar-refractivity contribution is 5.31. The molecule has 0 bridgehead atoms. The third-order valence-corrected chi connectivity index (χ3v) is 18.2. The van der Waals surface area contributed by atoms with Gasteiger partial charge in [-0.25, -0.2) is 0 Å². The molecule has 0 radical (unpaired) electrons. The van der Waals surface area contributed by atoms with E-state index >= 15 is 0 Å². The molecule has 0 atom stereocenters. The molecule has 84 heavy (non-hydrogen) atoms. The summed E-state index contributed by atoms with van der Waals surface area (Å²) in [6.45, 7) is 9.04. The number of rotatable bonds is 36. The Bertz CT molecular complexity index is 2010. The van der Waals surface area contributed by atoms with E-state index in [2.05, 4.69) is 69.3 Å². The van der Waals surface area contributed by atoms with E-state index in [1.165, 1.54) is 132 Å². The fourth-order valence-corrected chi connectivity index (χ4v) is 12.7. The summed E-state index contributed by atoms with van der Waals surface area (Å²) in [4.78, 5) is 0. The fraction of sp³-hybridized carbons (Fsp3) is 0.750. The first-order valence-corrected chi connectivity index (χ1v) is 33.8. The summed E-state index contributed by atoms with van der Waals surface area (Å²) in [6, 6.07) is 25.1. The van der Waals surface area contributed by atoms with Gasteiger partial charge in [0.15, 0.2) is 0 Å². The van der Waals surface area contributed by atoms with Crippen LogP contribution in [0.2, 0.25) is 0 Å². The molecule has 0 amide bonds. The number of halogens is 9. The average molecular weight is 1200 g/mol. The molecule has 3 saturated carbocycles. The lowest BCUT2D eigenvalue weighted by Crippen LogP contribution is -2.16. The van der Waals surface area contributed by atoms with Crippen LogP contribution in [0.1, 0.15) is 306 Å². The standard InChI is InChI=1S/C25H39F3O.C24H37F3O.C23H35F3O/c1-2-3-4-5-6-7-8-9-20-29-24-16-14-23(15-17-24)22-12-10-21(11-13-22)18-19-25(26,27)28;1-2-3-4-5-6-7-8-19-28-23-15-13-22(14-16-23)21-11-9-20(10-12-21)17-18-24(25,26)27;1-2-3-4-5-6-7-18-27-22-14-12-21(13-15-22)20-10-8-19(9-11-20)16-17-23(24,25)26/h14-17,21-22H,2-13,18-20H2,1H3;13-16,20-21H,2-12,17-19H2,1H3;12-15,19-20H,2-11,16-18H2,1H3. The Hall–Kier alpha value is -3.57. The molecule has 0 aromatic heterocycles. The van der Waals surface area contributed by atoms with Gasteiger partial charge in [0.05, 0.1) is 19.8 Å². The van der Waals surface area contributed by atoms with Gasteiger partial charge >= 0.3 is 18.5 Å². The number of ether oxygens (including phenoxy) is 3. The molecule has 0 saturated heterocycles. The quantitative estimate of drug-likeness (QED) is 0.0429. The zero-order valence-corrected chi connectivity index (χ0v) is 52.2. The van der Waals surface area contributed by atoms with E-state index in [0.29, 0.717) is 37.0 Å². The lowest BCUT2D eigenvalue weighted by molar-refractivity contribution is -0.139. The van der Waals surface area contributed by atoms with Gasteiger partial charge in [0.1, 0.15) is 17.2 Å². The van der Waals surface area contributed by atoms with Crippen LogP contribution in [0.15, 0.2) is 72.8 Å². The Morgan fingerprint density at radius 3 is 0.690 bits per heavy atom. The van der Waals surface area contributed by atoms with Gasteiger partial charge in [-0.15, -0.1) is 0 Å². The van der Waals surface area contributed by atoms with Gasteiger partial charge in [0.25, 0.3) is 0 Å². The molecule has 3 aliphatic rings. The molecule has 0 heterocycles. The summed E-state index contributed by atoms with van der Waals surface area (Å²) in [6.07, 6.45) is 25.3. The first-order valence-electron chi connectivity index (χ1n) is 33.8. The normalized spacial score (nSPS) is 20.3. The Morgan fingerprint density at radius 1 is 0.286 bits per heavy atom. The minimum atomic E-state index is -4.01. The van der Waals surface area contributed by atoms with E-state index in [-0.39, 0.29) is 17.8 Å². The topological polar surface area (TPSA) is 27.7 Å². The molecule has 480 valence electrons. The van der Waals surface area contributed by atoms with Gasteiger partial charge in [-0.05, 0) is 204 Å². The van der Waals surface area contributed by atoms with Crippen LogP contribution in [0.3, 0.4) is 0 Å². The van der Waals surface area contributed by atoms with Crippen LogP contribution in [0, 0.1) is 17.8 Å². The molecule has 0 spiro atoms. The maximum atomic E-state index is 12.4. The van der Waals surface area contributed by atoms with Crippen LogP contribution in [0.5, 0.6) is 17.2 Å². The molecule has 3 fully saturated rings. The number of unbranched alkanes of at least 4 members (excludes halogenated alkanes) is 18. The smallest absolute Gasteiger partial charge is 0.389 e. The highest BCUT2D eigenvalue weighted by Gasteiger charge is 2.33. The summed E-state index contributed by atoms with van der Waals surface area (Å²) in [7, 11) is 0. The van der Waals surface area contributed by atoms with Crippen LogP contribution in [0.25, 0.3) is 0 Å². The summed E-state index contributed by atoms with van der Waals surface area (Å²) in [5.41, 5.74) is 3.91. The largest absolute Gasteiger partial charge is 0.494 e. The molecular formula is C72H111F9O3. The zero-order valence-electron chi connectivity index (χ0n) is 52.2. The molecule has 0 unspecified atom stereocenters. The molecule has 0 aliphatic heterocycles. The third-order valence-electron chi connectivity index (χ3n) is 18.2. The van der Waals surface area contributed by atoms with Crippen molar-refractivity contribution in [3.63, 3.8) is 0 Å². The van der Waals surface area contributed by atoms with Crippen molar-refractivity contribution in [1.82, 2.24) is 0 Å². The summed E-state index contributed by atoms with van der Waals surface area (Å²) in [5.74, 6) is 4.95. The van der Waals surface area contributed by atoms with Crippen molar-refractivity contribution in [3.8, 4) is 17.2 Å². The monoisotopic (exact) mass is 1190 g/mol. The number of alkyl halides is 9. The SMILES string of the molecule is CCCCCCCCCCOc1ccc(C2CCC(CCC(F)(F)F)CC2)cc1.CCCCCCCCCOc1ccc(C2CCC(CCC(F)(F)F)CC2)cc1.CCCCCCCCOc1ccc(C2CCC(CCC(F)(F)F)CC2)cc1. The lowest BCUT2D eigenvalue weighted by atomic mass is 9.77. The second-order valence-electron chi connectivity index (χ2n) is 25.2. The minimum absolute atomic E-state index is 0.238. The Balaban J connectivity index is 0.000000270. The van der Waals surface area contributed by atoms with E-state index in [0.717, 1.165) is 133 Å². The summed E-state index contributed by atoms with van der Waals surface area (Å²) >= 11 is 0. The van der Waals surface area contributed by atoms with E-state index in [4.69, 9.17) is 14.2 Å². The van der Waals surface area contributed by atoms with Crippen molar-refractivity contribution in [2.45, 2.75) is 307 Å². The molecule has 3 aromatic carbocycles. The molecular weight excluding hydrogens is 1080 g/mol. The van der Waals surface area contributed by atoms with Crippen molar-refractivity contribution in [2.75, 3.05) is 19.8 Å². The van der Waals surface area contributed by atoms with Gasteiger partial charge < -0.3 is 14.2 Å². The van der Waals surface area contributed by atoms with Crippen LogP contribution in [0.4, 0.5) is 39.5 Å². The van der Waals surface area contributed by atoms with Crippen LogP contribution >= 0.6 is 0 Å². The van der Waals surface area contributed by atoms with E-state index in [1.54, 1.807) is 0 Å². The van der Waals surface area contributed by atoms with Crippen LogP contribution in [-0.2, 0) is 0 Å². The molecule has 3 aromatic rings. The molecule has 12 heteroatoms. The van der Waals surface area contributed by atoms with Crippen LogP contribution < -0.4 is 14.2 Å². The first-order chi connectivity index (χ1) is 40.4. The van der Waals surface area contributed by atoms with Crippen molar-refractivity contribution in [1.29, 1.82) is 0 Å². The van der Waals surface area contributed by atoms with Gasteiger partial charge in [0, 0.05) is 19.3 Å². The van der Waals surface area contributed by atoms with Gasteiger partial charge in [-0.1, -0.05) is 173 Å². The second-order valence-corrected chi connectivity index (χ2v) is 25.2. The predicted octanol–water partition coefficient (Wildman–Crippen LogP) is 25.3. The van der Waals surface area contributed by atoms with Gasteiger partial charge in [-0.3, -0.25) is 0 Å². The van der Waals surface area contributed by atoms with Crippen LogP contribution in [-0.4, -0.2) is 38.3 Å². The van der Waals surface area contributed by atoms with E-state index < -0.39 is 37.8 Å². The van der Waals surface area contributed by atoms with Crippen molar-refractivity contribution >= 4 is 0 Å². The summed E-state index contributed by atoms with van der Waals surface area (Å²) < 4.78 is 129. The molecule has 0 N–H and O–H groups in total. The third kappa shape index (κ3) is 34.7. The highest BCUT2D eigenvalue weighted by atomic mass is 19.4. The van der Waals surface area contributed by atoms with E-state index in [1.807, 2.05) is 24.3 Å². The molecule has 3 aliphatic carbocycles. The number of benzene rings is 3. The first kappa shape index (κ1) is 72.9. The molecule has 6 rings (SSSR count). The molecule has 3 nitrogen and oxygen atoms in total. The van der Waals surface area contributed by atoms with E-state index in [9.17, 15) is 39.5 Å².